The number of rotatable bonds is 10. The fourth-order valence-electron chi connectivity index (χ4n) is 3.53. The number of benzene rings is 1. The van der Waals surface area contributed by atoms with Gasteiger partial charge in [-0.15, -0.1) is 10.2 Å². The van der Waals surface area contributed by atoms with Crippen LogP contribution in [-0.2, 0) is 11.2 Å². The standard InChI is InChI=1S/C22H25N5O3.C2H6.H2/c1-15-25-26-22-21(24-19-14-17(29-2)9-10-20(19)27(15)22)23-11-5-3-4-7-16(28)13-18-8-6-12-30-18;1-2;/h6,8-10,12,14H,3-5,7,11,13H2,1-2H3,(H,23,24);1-2H3;1H. The third-order valence-electron chi connectivity index (χ3n) is 5.07. The molecule has 32 heavy (non-hydrogen) atoms. The predicted molar refractivity (Wildman–Crippen MR) is 127 cm³/mol. The van der Waals surface area contributed by atoms with E-state index < -0.39 is 0 Å². The fourth-order valence-corrected chi connectivity index (χ4v) is 3.53. The highest BCUT2D eigenvalue weighted by Crippen LogP contribution is 2.25. The maximum absolute atomic E-state index is 12.0. The van der Waals surface area contributed by atoms with Gasteiger partial charge in [-0.3, -0.25) is 9.20 Å². The average molecular weight is 440 g/mol. The summed E-state index contributed by atoms with van der Waals surface area (Å²) in [4.78, 5) is 16.7. The molecule has 1 aromatic carbocycles. The maximum atomic E-state index is 12.0. The van der Waals surface area contributed by atoms with Crippen molar-refractivity contribution in [2.45, 2.75) is 52.9 Å². The molecule has 0 bridgehead atoms. The molecular weight excluding hydrogens is 406 g/mol. The van der Waals surface area contributed by atoms with Crippen LogP contribution >= 0.6 is 0 Å². The Hall–Kier alpha value is -3.42. The highest BCUT2D eigenvalue weighted by Gasteiger charge is 2.13. The fraction of sp³-hybridized carbons (Fsp3) is 0.417. The topological polar surface area (TPSA) is 94.5 Å². The lowest BCUT2D eigenvalue weighted by atomic mass is 10.1. The van der Waals surface area contributed by atoms with Crippen molar-refractivity contribution >= 4 is 28.3 Å². The number of nitrogens with zero attached hydrogens (tertiary/aromatic N) is 4. The lowest BCUT2D eigenvalue weighted by molar-refractivity contribution is -0.118. The molecule has 3 heterocycles. The van der Waals surface area contributed by atoms with Gasteiger partial charge in [0.2, 0.25) is 5.65 Å². The van der Waals surface area contributed by atoms with Gasteiger partial charge in [0.05, 0.1) is 30.8 Å². The first-order chi connectivity index (χ1) is 15.7. The zero-order chi connectivity index (χ0) is 22.9. The Morgan fingerprint density at radius 2 is 2.03 bits per heavy atom. The van der Waals surface area contributed by atoms with Gasteiger partial charge in [0.25, 0.3) is 0 Å². The molecule has 0 atom stereocenters. The summed E-state index contributed by atoms with van der Waals surface area (Å²) in [5.41, 5.74) is 2.46. The van der Waals surface area contributed by atoms with Crippen LogP contribution in [0.4, 0.5) is 5.82 Å². The molecule has 0 fully saturated rings. The minimum atomic E-state index is 0. The largest absolute Gasteiger partial charge is 0.497 e. The summed E-state index contributed by atoms with van der Waals surface area (Å²) >= 11 is 0. The Morgan fingerprint density at radius 1 is 1.19 bits per heavy atom. The number of aryl methyl sites for hydroxylation is 1. The first-order valence-electron chi connectivity index (χ1n) is 11.1. The minimum absolute atomic E-state index is 0. The summed E-state index contributed by atoms with van der Waals surface area (Å²) in [6.07, 6.45) is 5.30. The van der Waals surface area contributed by atoms with Crippen LogP contribution in [0, 0.1) is 6.92 Å². The van der Waals surface area contributed by atoms with Gasteiger partial charge in [0.15, 0.2) is 5.82 Å². The number of carbonyl (C=O) groups is 1. The average Bonchev–Trinajstić information content (AvgIpc) is 3.47. The van der Waals surface area contributed by atoms with Crippen LogP contribution in [0.15, 0.2) is 41.0 Å². The second-order valence-corrected chi connectivity index (χ2v) is 7.25. The lowest BCUT2D eigenvalue weighted by Gasteiger charge is -2.10. The minimum Gasteiger partial charge on any atom is -0.497 e. The first kappa shape index (κ1) is 23.2. The molecule has 0 radical (unpaired) electrons. The number of ketones is 1. The number of furan rings is 1. The molecule has 0 aliphatic carbocycles. The van der Waals surface area contributed by atoms with Crippen molar-refractivity contribution in [2.75, 3.05) is 19.0 Å². The number of unbranched alkanes of at least 4 members (excludes halogenated alkanes) is 2. The normalized spacial score (nSPS) is 10.8. The molecule has 3 aromatic heterocycles. The second kappa shape index (κ2) is 11.3. The van der Waals surface area contributed by atoms with E-state index in [1.165, 1.54) is 0 Å². The Labute approximate surface area is 189 Å². The van der Waals surface area contributed by atoms with Crippen LogP contribution < -0.4 is 10.1 Å². The van der Waals surface area contributed by atoms with E-state index in [0.717, 1.165) is 54.2 Å². The van der Waals surface area contributed by atoms with E-state index in [2.05, 4.69) is 15.5 Å². The van der Waals surface area contributed by atoms with Gasteiger partial charge in [-0.1, -0.05) is 20.3 Å². The van der Waals surface area contributed by atoms with E-state index in [9.17, 15) is 4.79 Å². The number of nitrogens with one attached hydrogen (secondary N) is 1. The van der Waals surface area contributed by atoms with Crippen LogP contribution in [0.2, 0.25) is 0 Å². The van der Waals surface area contributed by atoms with Crippen LogP contribution in [0.25, 0.3) is 16.7 Å². The van der Waals surface area contributed by atoms with Gasteiger partial charge in [-0.05, 0) is 44.0 Å². The van der Waals surface area contributed by atoms with Crippen molar-refractivity contribution in [3.8, 4) is 5.75 Å². The van der Waals surface area contributed by atoms with Crippen LogP contribution in [-0.4, -0.2) is 39.0 Å². The van der Waals surface area contributed by atoms with Gasteiger partial charge in [-0.2, -0.15) is 0 Å². The number of hydrogen-bond acceptors (Lipinski definition) is 7. The van der Waals surface area contributed by atoms with Gasteiger partial charge in [0, 0.05) is 20.5 Å². The number of methoxy groups -OCH3 is 1. The third kappa shape index (κ3) is 5.43. The zero-order valence-corrected chi connectivity index (χ0v) is 19.2. The van der Waals surface area contributed by atoms with E-state index in [4.69, 9.17) is 14.1 Å². The molecule has 0 amide bonds. The molecule has 0 aliphatic rings. The monoisotopic (exact) mass is 439 g/mol. The third-order valence-corrected chi connectivity index (χ3v) is 5.07. The summed E-state index contributed by atoms with van der Waals surface area (Å²) in [6, 6.07) is 9.42. The first-order valence-corrected chi connectivity index (χ1v) is 11.1. The van der Waals surface area contributed by atoms with Crippen LogP contribution in [0.3, 0.4) is 0 Å². The van der Waals surface area contributed by atoms with E-state index in [0.29, 0.717) is 24.3 Å². The number of ether oxygens (including phenoxy) is 1. The van der Waals surface area contributed by atoms with Gasteiger partial charge in [-0.25, -0.2) is 4.98 Å². The SMILES string of the molecule is CC.COc1ccc2c(c1)nc(NCCCCCC(=O)Cc1ccco1)c1nnc(C)n12.[HH]. The highest BCUT2D eigenvalue weighted by molar-refractivity contribution is 5.84. The van der Waals surface area contributed by atoms with Crippen molar-refractivity contribution in [1.82, 2.24) is 19.6 Å². The maximum Gasteiger partial charge on any atom is 0.204 e. The van der Waals surface area contributed by atoms with E-state index >= 15 is 0 Å². The van der Waals surface area contributed by atoms with E-state index in [-0.39, 0.29) is 7.21 Å². The molecule has 0 aliphatic heterocycles. The molecule has 8 nitrogen and oxygen atoms in total. The molecule has 4 aromatic rings. The predicted octanol–water partition coefficient (Wildman–Crippen LogP) is 5.24. The van der Waals surface area contributed by atoms with Crippen molar-refractivity contribution in [3.05, 3.63) is 48.2 Å². The van der Waals surface area contributed by atoms with Crippen molar-refractivity contribution in [2.24, 2.45) is 0 Å². The number of hydrogen-bond donors (Lipinski definition) is 1. The van der Waals surface area contributed by atoms with Crippen LogP contribution in [0.1, 0.15) is 52.5 Å². The molecule has 0 saturated heterocycles. The number of aromatic nitrogens is 4. The van der Waals surface area contributed by atoms with Gasteiger partial charge in [0.1, 0.15) is 23.1 Å². The molecule has 1 N–H and O–H groups in total. The zero-order valence-electron chi connectivity index (χ0n) is 19.2. The number of fused-ring (bicyclic) bond motifs is 3. The molecule has 0 saturated carbocycles. The van der Waals surface area contributed by atoms with Crippen molar-refractivity contribution < 1.29 is 15.4 Å². The summed E-state index contributed by atoms with van der Waals surface area (Å²) in [6.45, 7) is 6.67. The van der Waals surface area contributed by atoms with Crippen molar-refractivity contribution in [1.29, 1.82) is 0 Å². The molecule has 172 valence electrons. The quantitative estimate of drug-likeness (QED) is 0.337. The number of Topliss-reactive ketones (excluding diaryl/α,β-unsaturated/α-hetero) is 1. The summed E-state index contributed by atoms with van der Waals surface area (Å²) in [5.74, 6) is 3.20. The molecule has 0 unspecified atom stereocenters. The summed E-state index contributed by atoms with van der Waals surface area (Å²) in [5, 5.41) is 11.9. The van der Waals surface area contributed by atoms with E-state index in [1.807, 2.05) is 49.4 Å². The van der Waals surface area contributed by atoms with Gasteiger partial charge < -0.3 is 14.5 Å². The molecule has 8 heteroatoms. The lowest BCUT2D eigenvalue weighted by Crippen LogP contribution is -2.07. The highest BCUT2D eigenvalue weighted by atomic mass is 16.5. The number of anilines is 1. The Bertz CT molecular complexity index is 1160. The van der Waals surface area contributed by atoms with E-state index in [1.54, 1.807) is 19.4 Å². The van der Waals surface area contributed by atoms with Gasteiger partial charge >= 0.3 is 0 Å². The summed E-state index contributed by atoms with van der Waals surface area (Å²) in [7, 11) is 1.64. The molecule has 4 rings (SSSR count). The number of carbonyl (C=O) groups excluding carboxylic acids is 1. The van der Waals surface area contributed by atoms with Crippen molar-refractivity contribution in [3.63, 3.8) is 0 Å². The smallest absolute Gasteiger partial charge is 0.204 e. The Kier molecular flexibility index (Phi) is 8.19. The molecular formula is C24H33N5O3. The summed E-state index contributed by atoms with van der Waals surface area (Å²) < 4.78 is 12.5. The Morgan fingerprint density at radius 3 is 2.78 bits per heavy atom. The Balaban J connectivity index is 0.00000125. The van der Waals surface area contributed by atoms with Crippen LogP contribution in [0.5, 0.6) is 5.75 Å². The molecule has 0 spiro atoms. The second-order valence-electron chi connectivity index (χ2n) is 7.25.